The third kappa shape index (κ3) is 4.50. The van der Waals surface area contributed by atoms with Gasteiger partial charge in [0.25, 0.3) is 5.91 Å². The van der Waals surface area contributed by atoms with E-state index in [0.29, 0.717) is 42.1 Å². The molecule has 1 unspecified atom stereocenters. The van der Waals surface area contributed by atoms with E-state index in [4.69, 9.17) is 9.15 Å². The number of Topliss-reactive ketones (excluding diaryl/α,β-unsaturated/α-hetero) is 1. The molecule has 2 N–H and O–H groups in total. The number of amides is 1. The summed E-state index contributed by atoms with van der Waals surface area (Å²) < 4.78 is 13.2. The van der Waals surface area contributed by atoms with Crippen LogP contribution in [-0.4, -0.2) is 40.3 Å². The van der Waals surface area contributed by atoms with Crippen molar-refractivity contribution in [3.8, 4) is 5.75 Å². The lowest BCUT2D eigenvalue weighted by atomic mass is 9.93. The van der Waals surface area contributed by atoms with Crippen LogP contribution in [0.15, 0.2) is 83.0 Å². The Morgan fingerprint density at radius 3 is 2.68 bits per heavy atom. The fourth-order valence-electron chi connectivity index (χ4n) is 4.85. The quantitative estimate of drug-likeness (QED) is 0.253. The number of ether oxygens (including phenoxy) is 1. The summed E-state index contributed by atoms with van der Waals surface area (Å²) in [4.78, 5) is 31.7. The highest BCUT2D eigenvalue weighted by atomic mass is 16.5. The maximum Gasteiger partial charge on any atom is 0.290 e. The van der Waals surface area contributed by atoms with E-state index < -0.39 is 23.5 Å². The molecule has 4 aromatic rings. The number of furan rings is 1. The number of H-pyrrole nitrogens is 1. The van der Waals surface area contributed by atoms with Gasteiger partial charge in [-0.15, -0.1) is 0 Å². The summed E-state index contributed by atoms with van der Waals surface area (Å²) in [5.41, 5.74) is 2.37. The van der Waals surface area contributed by atoms with Crippen LogP contribution in [0.4, 0.5) is 0 Å². The number of aryl methyl sites for hydroxylation is 1. The predicted octanol–water partition coefficient (Wildman–Crippen LogP) is 4.85. The van der Waals surface area contributed by atoms with E-state index in [2.05, 4.69) is 18.8 Å². The molecule has 0 fully saturated rings. The summed E-state index contributed by atoms with van der Waals surface area (Å²) in [5, 5.41) is 11.7. The van der Waals surface area contributed by atoms with Crippen LogP contribution in [0.5, 0.6) is 5.75 Å². The normalized spacial score (nSPS) is 15.8. The molecule has 0 saturated carbocycles. The Labute approximate surface area is 214 Å². The Hall–Kier alpha value is -4.33. The monoisotopic (exact) mass is 500 g/mol. The lowest BCUT2D eigenvalue weighted by Gasteiger charge is -2.26. The first-order chi connectivity index (χ1) is 17.9. The van der Waals surface area contributed by atoms with E-state index in [1.54, 1.807) is 17.0 Å². The molecule has 1 atom stereocenters. The van der Waals surface area contributed by atoms with Crippen LogP contribution in [0.1, 0.15) is 53.9 Å². The topological polar surface area (TPSA) is 99.6 Å². The third-order valence-electron chi connectivity index (χ3n) is 6.84. The molecular formula is C29H30N3O5+. The SMILES string of the molecule is COc1cccc2cc(C(=O)C3=C(O)C(=O)N(CCC[n+]4cc[nH]c4)C3c3ccc(C(C)C)cc3)oc12. The summed E-state index contributed by atoms with van der Waals surface area (Å²) in [5.74, 6) is -0.739. The minimum atomic E-state index is -0.729. The van der Waals surface area contributed by atoms with Gasteiger partial charge in [0.05, 0.1) is 25.3 Å². The van der Waals surface area contributed by atoms with E-state index in [1.807, 2.05) is 59.7 Å². The van der Waals surface area contributed by atoms with Crippen LogP contribution in [0.2, 0.25) is 0 Å². The fourth-order valence-corrected chi connectivity index (χ4v) is 4.85. The van der Waals surface area contributed by atoms with Gasteiger partial charge in [-0.2, -0.15) is 0 Å². The lowest BCUT2D eigenvalue weighted by Crippen LogP contribution is -2.36. The van der Waals surface area contributed by atoms with Gasteiger partial charge in [-0.25, -0.2) is 4.57 Å². The van der Waals surface area contributed by atoms with Crippen molar-refractivity contribution >= 4 is 22.7 Å². The number of ketones is 1. The maximum absolute atomic E-state index is 13.8. The smallest absolute Gasteiger partial charge is 0.290 e. The molecule has 1 aliphatic rings. The highest BCUT2D eigenvalue weighted by Crippen LogP contribution is 2.40. The molecular weight excluding hydrogens is 470 g/mol. The van der Waals surface area contributed by atoms with Gasteiger partial charge in [-0.1, -0.05) is 50.2 Å². The molecule has 0 bridgehead atoms. The predicted molar refractivity (Wildman–Crippen MR) is 137 cm³/mol. The lowest BCUT2D eigenvalue weighted by molar-refractivity contribution is -0.695. The molecule has 0 spiro atoms. The molecule has 0 saturated heterocycles. The first kappa shape index (κ1) is 24.4. The molecule has 0 aliphatic carbocycles. The number of nitrogens with zero attached hydrogens (tertiary/aromatic N) is 2. The van der Waals surface area contributed by atoms with Gasteiger partial charge in [0.2, 0.25) is 12.1 Å². The average molecular weight is 501 g/mol. The molecule has 37 heavy (non-hydrogen) atoms. The van der Waals surface area contributed by atoms with Gasteiger partial charge in [-0.05, 0) is 29.2 Å². The van der Waals surface area contributed by atoms with E-state index in [9.17, 15) is 14.7 Å². The van der Waals surface area contributed by atoms with Crippen molar-refractivity contribution in [3.05, 3.63) is 95.5 Å². The number of nitrogens with one attached hydrogen (secondary N) is 1. The van der Waals surface area contributed by atoms with E-state index in [-0.39, 0.29) is 11.3 Å². The van der Waals surface area contributed by atoms with Crippen molar-refractivity contribution < 1.29 is 28.4 Å². The second-order valence-electron chi connectivity index (χ2n) is 9.51. The molecule has 0 radical (unpaired) electrons. The Bertz CT molecular complexity index is 1470. The van der Waals surface area contributed by atoms with Gasteiger partial charge >= 0.3 is 0 Å². The van der Waals surface area contributed by atoms with Gasteiger partial charge < -0.3 is 19.2 Å². The van der Waals surface area contributed by atoms with Crippen molar-refractivity contribution in [3.63, 3.8) is 0 Å². The zero-order valence-corrected chi connectivity index (χ0v) is 21.1. The number of hydrogen-bond donors (Lipinski definition) is 2. The molecule has 1 amide bonds. The summed E-state index contributed by atoms with van der Waals surface area (Å²) in [6.07, 6.45) is 6.22. The van der Waals surface area contributed by atoms with Crippen LogP contribution in [0.3, 0.4) is 0 Å². The number of carbonyl (C=O) groups is 2. The minimum Gasteiger partial charge on any atom is -0.503 e. The zero-order chi connectivity index (χ0) is 26.1. The minimum absolute atomic E-state index is 0.0228. The van der Waals surface area contributed by atoms with E-state index >= 15 is 0 Å². The maximum atomic E-state index is 13.8. The Balaban J connectivity index is 1.52. The van der Waals surface area contributed by atoms with Crippen molar-refractivity contribution in [1.29, 1.82) is 0 Å². The van der Waals surface area contributed by atoms with Gasteiger partial charge in [0.15, 0.2) is 22.9 Å². The van der Waals surface area contributed by atoms with Gasteiger partial charge in [-0.3, -0.25) is 14.6 Å². The summed E-state index contributed by atoms with van der Waals surface area (Å²) in [6, 6.07) is 14.1. The number of rotatable bonds is 9. The Kier molecular flexibility index (Phi) is 6.56. The zero-order valence-electron chi connectivity index (χ0n) is 21.1. The number of aliphatic hydroxyl groups is 1. The number of aromatic nitrogens is 2. The van der Waals surface area contributed by atoms with E-state index in [0.717, 1.165) is 11.1 Å². The van der Waals surface area contributed by atoms with Crippen molar-refractivity contribution in [2.75, 3.05) is 13.7 Å². The first-order valence-corrected chi connectivity index (χ1v) is 12.4. The van der Waals surface area contributed by atoms with Crippen LogP contribution in [0, 0.1) is 0 Å². The standard InChI is InChI=1S/C29H29N3O5/c1-18(2)19-8-10-20(11-9-19)25-24(26(33)23-16-21-6-4-7-22(36-3)28(21)37-23)27(34)29(35)32(25)14-5-13-31-15-12-30-17-31/h4,6-12,15-18,25H,5,13-14H2,1-3H3,(H,33,34)/p+1. The molecule has 8 nitrogen and oxygen atoms in total. The van der Waals surface area contributed by atoms with Gasteiger partial charge in [0.1, 0.15) is 12.4 Å². The molecule has 5 rings (SSSR count). The fraction of sp³-hybridized carbons (Fsp3) is 0.276. The molecule has 3 heterocycles. The summed E-state index contributed by atoms with van der Waals surface area (Å²) in [7, 11) is 1.53. The van der Waals surface area contributed by atoms with Crippen LogP contribution in [0.25, 0.3) is 11.0 Å². The molecule has 2 aromatic heterocycles. The number of para-hydroxylation sites is 1. The van der Waals surface area contributed by atoms with Crippen LogP contribution >= 0.6 is 0 Å². The first-order valence-electron chi connectivity index (χ1n) is 12.4. The molecule has 2 aromatic carbocycles. The van der Waals surface area contributed by atoms with Crippen LogP contribution < -0.4 is 9.30 Å². The number of fused-ring (bicyclic) bond motifs is 1. The van der Waals surface area contributed by atoms with Crippen molar-refractivity contribution in [1.82, 2.24) is 9.88 Å². The van der Waals surface area contributed by atoms with Crippen molar-refractivity contribution in [2.24, 2.45) is 0 Å². The Morgan fingerprint density at radius 2 is 2.00 bits per heavy atom. The van der Waals surface area contributed by atoms with Crippen LogP contribution in [-0.2, 0) is 11.3 Å². The molecule has 8 heteroatoms. The number of benzene rings is 2. The number of aromatic amines is 1. The highest BCUT2D eigenvalue weighted by molar-refractivity contribution is 6.16. The third-order valence-corrected chi connectivity index (χ3v) is 6.84. The number of aliphatic hydroxyl groups excluding tert-OH is 1. The highest BCUT2D eigenvalue weighted by Gasteiger charge is 2.44. The second kappa shape index (κ2) is 9.97. The second-order valence-corrected chi connectivity index (χ2v) is 9.51. The number of hydrogen-bond acceptors (Lipinski definition) is 5. The summed E-state index contributed by atoms with van der Waals surface area (Å²) in [6.45, 7) is 5.26. The number of imidazole rings is 1. The van der Waals surface area contributed by atoms with Crippen molar-refractivity contribution in [2.45, 2.75) is 38.8 Å². The average Bonchev–Trinajstić information content (AvgIpc) is 3.63. The summed E-state index contributed by atoms with van der Waals surface area (Å²) >= 11 is 0. The largest absolute Gasteiger partial charge is 0.503 e. The Morgan fingerprint density at radius 1 is 1.22 bits per heavy atom. The van der Waals surface area contributed by atoms with E-state index in [1.165, 1.54) is 7.11 Å². The molecule has 1 aliphatic heterocycles. The molecule has 190 valence electrons. The number of methoxy groups -OCH3 is 1. The van der Waals surface area contributed by atoms with Gasteiger partial charge in [0, 0.05) is 18.4 Å². The number of carbonyl (C=O) groups excluding carboxylic acids is 2.